The fourth-order valence-corrected chi connectivity index (χ4v) is 2.39. The summed E-state index contributed by atoms with van der Waals surface area (Å²) in [5.74, 6) is 0.0200. The normalized spacial score (nSPS) is 10.2. The molecule has 2 aromatic rings. The summed E-state index contributed by atoms with van der Waals surface area (Å²) >= 11 is 0. The van der Waals surface area contributed by atoms with Gasteiger partial charge in [0, 0.05) is 17.9 Å². The minimum absolute atomic E-state index is 0.0200. The first-order chi connectivity index (χ1) is 10.8. The third kappa shape index (κ3) is 5.24. The summed E-state index contributed by atoms with van der Waals surface area (Å²) in [6.45, 7) is 3.47. The Morgan fingerprint density at radius 1 is 0.955 bits per heavy atom. The Morgan fingerprint density at radius 3 is 2.23 bits per heavy atom. The zero-order valence-corrected chi connectivity index (χ0v) is 13.2. The number of carbonyl (C=O) groups excluding carboxylic acids is 1. The molecule has 0 unspecified atom stereocenters. The average molecular weight is 296 g/mol. The molecule has 1 N–H and O–H groups in total. The number of nitrogens with zero attached hydrogens (tertiary/aromatic N) is 1. The maximum atomic E-state index is 12.3. The number of rotatable bonds is 8. The Balaban J connectivity index is 1.97. The number of nitrogens with one attached hydrogen (secondary N) is 1. The van der Waals surface area contributed by atoms with E-state index in [1.54, 1.807) is 0 Å². The van der Waals surface area contributed by atoms with E-state index in [9.17, 15) is 4.79 Å². The van der Waals surface area contributed by atoms with Crippen LogP contribution in [-0.2, 0) is 4.79 Å². The van der Waals surface area contributed by atoms with Gasteiger partial charge in [0.05, 0.1) is 6.54 Å². The van der Waals surface area contributed by atoms with E-state index in [0.717, 1.165) is 24.3 Å². The molecule has 0 aliphatic rings. The molecule has 0 aliphatic carbocycles. The fourth-order valence-electron chi connectivity index (χ4n) is 2.39. The van der Waals surface area contributed by atoms with Crippen molar-refractivity contribution in [2.75, 3.05) is 23.3 Å². The van der Waals surface area contributed by atoms with Gasteiger partial charge in [0.2, 0.25) is 5.91 Å². The van der Waals surface area contributed by atoms with Gasteiger partial charge >= 0.3 is 0 Å². The average Bonchev–Trinajstić information content (AvgIpc) is 2.56. The number of hydrogen-bond acceptors (Lipinski definition) is 2. The molecule has 3 nitrogen and oxygen atoms in total. The Kier molecular flexibility index (Phi) is 6.49. The fraction of sp³-hybridized carbons (Fsp3) is 0.316. The molecular formula is C19H24N2O. The van der Waals surface area contributed by atoms with Crippen LogP contribution in [0.1, 0.15) is 26.2 Å². The molecule has 22 heavy (non-hydrogen) atoms. The van der Waals surface area contributed by atoms with Crippen LogP contribution in [0.3, 0.4) is 0 Å². The van der Waals surface area contributed by atoms with E-state index in [1.165, 1.54) is 12.8 Å². The topological polar surface area (TPSA) is 32.3 Å². The van der Waals surface area contributed by atoms with Crippen molar-refractivity contribution in [1.29, 1.82) is 0 Å². The quantitative estimate of drug-likeness (QED) is 0.736. The molecule has 0 radical (unpaired) electrons. The number of para-hydroxylation sites is 2. The lowest BCUT2D eigenvalue weighted by atomic mass is 10.2. The maximum absolute atomic E-state index is 12.3. The van der Waals surface area contributed by atoms with Crippen LogP contribution >= 0.6 is 0 Å². The van der Waals surface area contributed by atoms with Gasteiger partial charge in [0.15, 0.2) is 0 Å². The molecule has 0 atom stereocenters. The summed E-state index contributed by atoms with van der Waals surface area (Å²) in [4.78, 5) is 14.4. The SMILES string of the molecule is CCCCCN(CC(=O)Nc1ccccc1)c1ccccc1. The predicted octanol–water partition coefficient (Wildman–Crippen LogP) is 4.32. The number of unbranched alkanes of at least 4 members (excludes halogenated alkanes) is 2. The van der Waals surface area contributed by atoms with Crippen molar-refractivity contribution in [3.05, 3.63) is 60.7 Å². The zero-order chi connectivity index (χ0) is 15.6. The van der Waals surface area contributed by atoms with E-state index in [-0.39, 0.29) is 5.91 Å². The second kappa shape index (κ2) is 8.88. The van der Waals surface area contributed by atoms with Crippen molar-refractivity contribution in [2.24, 2.45) is 0 Å². The summed E-state index contributed by atoms with van der Waals surface area (Å²) in [7, 11) is 0. The molecule has 0 heterocycles. The van der Waals surface area contributed by atoms with Crippen molar-refractivity contribution in [2.45, 2.75) is 26.2 Å². The Bertz CT molecular complexity index is 554. The van der Waals surface area contributed by atoms with Crippen LogP contribution < -0.4 is 10.2 Å². The smallest absolute Gasteiger partial charge is 0.243 e. The van der Waals surface area contributed by atoms with Crippen molar-refractivity contribution >= 4 is 17.3 Å². The molecule has 0 saturated heterocycles. The predicted molar refractivity (Wildman–Crippen MR) is 93.3 cm³/mol. The molecule has 116 valence electrons. The van der Waals surface area contributed by atoms with E-state index < -0.39 is 0 Å². The standard InChI is InChI=1S/C19H24N2O/c1-2-3-10-15-21(18-13-8-5-9-14-18)16-19(22)20-17-11-6-4-7-12-17/h4-9,11-14H,2-3,10,15-16H2,1H3,(H,20,22). The molecular weight excluding hydrogens is 272 g/mol. The second-order valence-electron chi connectivity index (χ2n) is 5.38. The second-order valence-corrected chi connectivity index (χ2v) is 5.38. The number of carbonyl (C=O) groups is 1. The summed E-state index contributed by atoms with van der Waals surface area (Å²) in [6, 6.07) is 19.7. The summed E-state index contributed by atoms with van der Waals surface area (Å²) in [5.41, 5.74) is 1.94. The van der Waals surface area contributed by atoms with Gasteiger partial charge in [-0.05, 0) is 30.7 Å². The molecule has 0 fully saturated rings. The Labute approximate surface area is 133 Å². The highest BCUT2D eigenvalue weighted by Crippen LogP contribution is 2.15. The van der Waals surface area contributed by atoms with Gasteiger partial charge in [-0.15, -0.1) is 0 Å². The van der Waals surface area contributed by atoms with E-state index in [1.807, 2.05) is 48.5 Å². The van der Waals surface area contributed by atoms with Crippen LogP contribution in [0.2, 0.25) is 0 Å². The monoisotopic (exact) mass is 296 g/mol. The third-order valence-corrected chi connectivity index (χ3v) is 3.54. The Morgan fingerprint density at radius 2 is 1.59 bits per heavy atom. The summed E-state index contributed by atoms with van der Waals surface area (Å²) in [5, 5.41) is 2.95. The minimum Gasteiger partial charge on any atom is -0.362 e. The van der Waals surface area contributed by atoms with E-state index in [2.05, 4.69) is 29.3 Å². The summed E-state index contributed by atoms with van der Waals surface area (Å²) < 4.78 is 0. The van der Waals surface area contributed by atoms with E-state index in [0.29, 0.717) is 6.54 Å². The Hall–Kier alpha value is -2.29. The van der Waals surface area contributed by atoms with Gasteiger partial charge in [-0.25, -0.2) is 0 Å². The van der Waals surface area contributed by atoms with Crippen LogP contribution in [0.5, 0.6) is 0 Å². The lowest BCUT2D eigenvalue weighted by Gasteiger charge is -2.24. The van der Waals surface area contributed by atoms with Gasteiger partial charge in [0.25, 0.3) is 0 Å². The molecule has 0 bridgehead atoms. The van der Waals surface area contributed by atoms with E-state index in [4.69, 9.17) is 0 Å². The molecule has 0 saturated carbocycles. The molecule has 0 aliphatic heterocycles. The highest BCUT2D eigenvalue weighted by molar-refractivity contribution is 5.94. The van der Waals surface area contributed by atoms with Crippen LogP contribution in [0, 0.1) is 0 Å². The van der Waals surface area contributed by atoms with Gasteiger partial charge in [-0.3, -0.25) is 4.79 Å². The van der Waals surface area contributed by atoms with Crippen molar-refractivity contribution < 1.29 is 4.79 Å². The first kappa shape index (κ1) is 16.1. The minimum atomic E-state index is 0.0200. The zero-order valence-electron chi connectivity index (χ0n) is 13.2. The van der Waals surface area contributed by atoms with Crippen molar-refractivity contribution in [3.63, 3.8) is 0 Å². The maximum Gasteiger partial charge on any atom is 0.243 e. The highest BCUT2D eigenvalue weighted by Gasteiger charge is 2.11. The number of amides is 1. The lowest BCUT2D eigenvalue weighted by Crippen LogP contribution is -2.34. The molecule has 0 aromatic heterocycles. The van der Waals surface area contributed by atoms with Crippen LogP contribution in [0.15, 0.2) is 60.7 Å². The number of benzene rings is 2. The van der Waals surface area contributed by atoms with Gasteiger partial charge in [-0.2, -0.15) is 0 Å². The largest absolute Gasteiger partial charge is 0.362 e. The molecule has 2 rings (SSSR count). The van der Waals surface area contributed by atoms with Crippen molar-refractivity contribution in [1.82, 2.24) is 0 Å². The molecule has 1 amide bonds. The summed E-state index contributed by atoms with van der Waals surface area (Å²) in [6.07, 6.45) is 3.46. The number of anilines is 2. The lowest BCUT2D eigenvalue weighted by molar-refractivity contribution is -0.115. The third-order valence-electron chi connectivity index (χ3n) is 3.54. The van der Waals surface area contributed by atoms with Crippen LogP contribution in [0.25, 0.3) is 0 Å². The van der Waals surface area contributed by atoms with Crippen LogP contribution in [0.4, 0.5) is 11.4 Å². The van der Waals surface area contributed by atoms with Gasteiger partial charge < -0.3 is 10.2 Å². The van der Waals surface area contributed by atoms with E-state index >= 15 is 0 Å². The van der Waals surface area contributed by atoms with Gasteiger partial charge in [0.1, 0.15) is 0 Å². The highest BCUT2D eigenvalue weighted by atomic mass is 16.2. The van der Waals surface area contributed by atoms with Crippen molar-refractivity contribution in [3.8, 4) is 0 Å². The molecule has 2 aromatic carbocycles. The first-order valence-corrected chi connectivity index (χ1v) is 7.94. The number of hydrogen-bond donors (Lipinski definition) is 1. The molecule has 0 spiro atoms. The molecule has 3 heteroatoms. The van der Waals surface area contributed by atoms with Crippen LogP contribution in [-0.4, -0.2) is 19.0 Å². The van der Waals surface area contributed by atoms with Gasteiger partial charge in [-0.1, -0.05) is 56.2 Å². The first-order valence-electron chi connectivity index (χ1n) is 7.94.